The molecule has 0 spiro atoms. The van der Waals surface area contributed by atoms with Crippen LogP contribution in [0.2, 0.25) is 0 Å². The van der Waals surface area contributed by atoms with Gasteiger partial charge in [-0.3, -0.25) is 9.59 Å². The van der Waals surface area contributed by atoms with Crippen LogP contribution in [-0.2, 0) is 22.6 Å². The number of hydrogen-bond donors (Lipinski definition) is 1. The minimum atomic E-state index is -0.550. The van der Waals surface area contributed by atoms with Crippen molar-refractivity contribution in [3.05, 3.63) is 58.1 Å². The van der Waals surface area contributed by atoms with Gasteiger partial charge >= 0.3 is 0 Å². The molecule has 1 N–H and O–H groups in total. The van der Waals surface area contributed by atoms with Crippen molar-refractivity contribution in [1.29, 1.82) is 0 Å². The van der Waals surface area contributed by atoms with Gasteiger partial charge in [0, 0.05) is 23.5 Å². The third kappa shape index (κ3) is 7.99. The molecule has 2 amide bonds. The lowest BCUT2D eigenvalue weighted by Gasteiger charge is -2.30. The fourth-order valence-corrected chi connectivity index (χ4v) is 4.67. The zero-order valence-electron chi connectivity index (χ0n) is 21.0. The average Bonchev–Trinajstić information content (AvgIpc) is 3.36. The van der Waals surface area contributed by atoms with E-state index in [0.717, 1.165) is 41.3 Å². The van der Waals surface area contributed by atoms with Gasteiger partial charge in [0.2, 0.25) is 11.8 Å². The molecule has 35 heavy (non-hydrogen) atoms. The summed E-state index contributed by atoms with van der Waals surface area (Å²) in [5, 5.41) is 3.15. The average molecular weight is 546 g/mol. The van der Waals surface area contributed by atoms with Gasteiger partial charge in [0.1, 0.15) is 6.04 Å². The van der Waals surface area contributed by atoms with Gasteiger partial charge in [0.15, 0.2) is 11.5 Å². The van der Waals surface area contributed by atoms with E-state index in [4.69, 9.17) is 9.47 Å². The minimum Gasteiger partial charge on any atom is -0.490 e. The van der Waals surface area contributed by atoms with Crippen molar-refractivity contribution in [2.75, 3.05) is 13.2 Å². The van der Waals surface area contributed by atoms with E-state index >= 15 is 0 Å². The maximum atomic E-state index is 13.4. The normalized spacial score (nSPS) is 14.4. The van der Waals surface area contributed by atoms with Crippen LogP contribution in [0.1, 0.15) is 64.0 Å². The lowest BCUT2D eigenvalue weighted by Crippen LogP contribution is -2.49. The van der Waals surface area contributed by atoms with Crippen LogP contribution in [0.25, 0.3) is 0 Å². The molecule has 0 unspecified atom stereocenters. The summed E-state index contributed by atoms with van der Waals surface area (Å²) < 4.78 is 12.4. The molecule has 0 radical (unpaired) electrons. The van der Waals surface area contributed by atoms with Crippen LogP contribution in [0.3, 0.4) is 0 Å². The van der Waals surface area contributed by atoms with Gasteiger partial charge in [0.05, 0.1) is 13.2 Å². The smallest absolute Gasteiger partial charge is 0.242 e. The number of carbonyl (C=O) groups excluding carboxylic acids is 2. The summed E-state index contributed by atoms with van der Waals surface area (Å²) in [5.41, 5.74) is 1.98. The summed E-state index contributed by atoms with van der Waals surface area (Å²) >= 11 is 3.46. The molecule has 1 saturated carbocycles. The largest absolute Gasteiger partial charge is 0.490 e. The number of aryl methyl sites for hydroxylation is 1. The first kappa shape index (κ1) is 27.1. The fraction of sp³-hybridized carbons (Fsp3) is 0.500. The van der Waals surface area contributed by atoms with Gasteiger partial charge in [-0.2, -0.15) is 0 Å². The van der Waals surface area contributed by atoms with Crippen LogP contribution in [0.4, 0.5) is 0 Å². The van der Waals surface area contributed by atoms with E-state index in [-0.39, 0.29) is 17.9 Å². The molecule has 190 valence electrons. The summed E-state index contributed by atoms with van der Waals surface area (Å²) in [5.74, 6) is 1.27. The summed E-state index contributed by atoms with van der Waals surface area (Å²) in [6.07, 6.45) is 5.17. The summed E-state index contributed by atoms with van der Waals surface area (Å²) in [6, 6.07) is 13.3. The van der Waals surface area contributed by atoms with E-state index in [1.165, 1.54) is 0 Å². The van der Waals surface area contributed by atoms with Gasteiger partial charge < -0.3 is 19.7 Å². The Morgan fingerprint density at radius 2 is 1.63 bits per heavy atom. The fourth-order valence-electron chi connectivity index (χ4n) is 4.41. The Morgan fingerprint density at radius 3 is 2.29 bits per heavy atom. The van der Waals surface area contributed by atoms with E-state index in [9.17, 15) is 9.59 Å². The molecule has 3 rings (SSSR count). The van der Waals surface area contributed by atoms with Crippen LogP contribution in [0, 0.1) is 0 Å². The predicted molar refractivity (Wildman–Crippen MR) is 142 cm³/mol. The number of hydrogen-bond acceptors (Lipinski definition) is 4. The highest BCUT2D eigenvalue weighted by atomic mass is 79.9. The van der Waals surface area contributed by atoms with Gasteiger partial charge in [-0.25, -0.2) is 0 Å². The van der Waals surface area contributed by atoms with Gasteiger partial charge in [-0.05, 0) is 75.4 Å². The molecule has 0 saturated heterocycles. The number of nitrogens with zero attached hydrogens (tertiary/aromatic N) is 1. The second-order valence-electron chi connectivity index (χ2n) is 8.96. The number of benzene rings is 2. The van der Waals surface area contributed by atoms with Crippen molar-refractivity contribution >= 4 is 27.7 Å². The predicted octanol–water partition coefficient (Wildman–Crippen LogP) is 5.66. The highest BCUT2D eigenvalue weighted by molar-refractivity contribution is 9.10. The molecule has 2 aromatic carbocycles. The van der Waals surface area contributed by atoms with Crippen molar-refractivity contribution in [3.63, 3.8) is 0 Å². The SMILES string of the molecule is CCOc1ccc(CCC(=O)N(Cc2ccc(Br)cc2)[C@H](C)C(=O)NC2CCCC2)cc1OCC. The van der Waals surface area contributed by atoms with Crippen LogP contribution in [0.15, 0.2) is 46.9 Å². The van der Waals surface area contributed by atoms with E-state index in [1.807, 2.05) is 63.2 Å². The Hall–Kier alpha value is -2.54. The van der Waals surface area contributed by atoms with E-state index in [1.54, 1.807) is 4.90 Å². The monoisotopic (exact) mass is 544 g/mol. The molecule has 0 aliphatic heterocycles. The Kier molecular flexibility index (Phi) is 10.5. The molecule has 0 aromatic heterocycles. The first-order valence-corrected chi connectivity index (χ1v) is 13.4. The molecular formula is C28H37BrN2O4. The summed E-state index contributed by atoms with van der Waals surface area (Å²) in [6.45, 7) is 7.18. The Labute approximate surface area is 217 Å². The lowest BCUT2D eigenvalue weighted by atomic mass is 10.1. The van der Waals surface area contributed by atoms with Crippen molar-refractivity contribution in [3.8, 4) is 11.5 Å². The molecule has 6 nitrogen and oxygen atoms in total. The zero-order chi connectivity index (χ0) is 25.2. The molecule has 1 atom stereocenters. The molecule has 7 heteroatoms. The first-order chi connectivity index (χ1) is 16.9. The van der Waals surface area contributed by atoms with Crippen LogP contribution in [0.5, 0.6) is 11.5 Å². The van der Waals surface area contributed by atoms with Crippen LogP contribution >= 0.6 is 15.9 Å². The number of nitrogens with one attached hydrogen (secondary N) is 1. The maximum Gasteiger partial charge on any atom is 0.242 e. The van der Waals surface area contributed by atoms with Crippen LogP contribution < -0.4 is 14.8 Å². The first-order valence-electron chi connectivity index (χ1n) is 12.6. The summed E-state index contributed by atoms with van der Waals surface area (Å²) in [4.78, 5) is 28.2. The highest BCUT2D eigenvalue weighted by Crippen LogP contribution is 2.29. The minimum absolute atomic E-state index is 0.0474. The van der Waals surface area contributed by atoms with Crippen molar-refractivity contribution in [2.45, 2.75) is 77.9 Å². The number of carbonyl (C=O) groups is 2. The number of ether oxygens (including phenoxy) is 2. The van der Waals surface area contributed by atoms with Gasteiger partial charge in [0.25, 0.3) is 0 Å². The van der Waals surface area contributed by atoms with Gasteiger partial charge in [-0.1, -0.05) is 47.0 Å². The van der Waals surface area contributed by atoms with E-state index < -0.39 is 6.04 Å². The number of halogens is 1. The van der Waals surface area contributed by atoms with E-state index in [2.05, 4.69) is 21.2 Å². The van der Waals surface area contributed by atoms with Crippen molar-refractivity contribution < 1.29 is 19.1 Å². The third-order valence-electron chi connectivity index (χ3n) is 6.37. The molecule has 0 heterocycles. The molecule has 1 fully saturated rings. The highest BCUT2D eigenvalue weighted by Gasteiger charge is 2.28. The Balaban J connectivity index is 1.72. The molecule has 0 bridgehead atoms. The van der Waals surface area contributed by atoms with Crippen molar-refractivity contribution in [2.24, 2.45) is 0 Å². The standard InChI is InChI=1S/C28H37BrN2O4/c1-4-34-25-16-12-21(18-26(25)35-5-2)13-17-27(32)31(19-22-10-14-23(29)15-11-22)20(3)28(33)30-24-8-6-7-9-24/h10-12,14-16,18,20,24H,4-9,13,17,19H2,1-3H3,(H,30,33)/t20-/m1/s1. The third-order valence-corrected chi connectivity index (χ3v) is 6.90. The molecular weight excluding hydrogens is 508 g/mol. The lowest BCUT2D eigenvalue weighted by molar-refractivity contribution is -0.140. The van der Waals surface area contributed by atoms with Crippen molar-refractivity contribution in [1.82, 2.24) is 10.2 Å². The molecule has 1 aliphatic rings. The molecule has 2 aromatic rings. The maximum absolute atomic E-state index is 13.4. The Bertz CT molecular complexity index is 973. The number of rotatable bonds is 12. The Morgan fingerprint density at radius 1 is 1.00 bits per heavy atom. The topological polar surface area (TPSA) is 67.9 Å². The van der Waals surface area contributed by atoms with E-state index in [0.29, 0.717) is 44.1 Å². The number of amides is 2. The second kappa shape index (κ2) is 13.5. The summed E-state index contributed by atoms with van der Waals surface area (Å²) in [7, 11) is 0. The second-order valence-corrected chi connectivity index (χ2v) is 9.88. The quantitative estimate of drug-likeness (QED) is 0.374. The molecule has 1 aliphatic carbocycles. The van der Waals surface area contributed by atoms with Crippen LogP contribution in [-0.4, -0.2) is 42.0 Å². The van der Waals surface area contributed by atoms with Gasteiger partial charge in [-0.15, -0.1) is 0 Å². The zero-order valence-corrected chi connectivity index (χ0v) is 22.6.